The van der Waals surface area contributed by atoms with Gasteiger partial charge in [0.2, 0.25) is 11.6 Å². The van der Waals surface area contributed by atoms with E-state index in [4.69, 9.17) is 18.9 Å². The van der Waals surface area contributed by atoms with Crippen LogP contribution in [0.3, 0.4) is 0 Å². The van der Waals surface area contributed by atoms with Gasteiger partial charge in [0.05, 0.1) is 21.3 Å². The highest BCUT2D eigenvalue weighted by atomic mass is 79.9. The first-order valence-electron chi connectivity index (χ1n) is 6.20. The van der Waals surface area contributed by atoms with Gasteiger partial charge in [0, 0.05) is 29.7 Å². The maximum absolute atomic E-state index is 5.72. The van der Waals surface area contributed by atoms with Crippen LogP contribution < -0.4 is 18.9 Å². The molecule has 0 spiro atoms. The first-order valence-corrected chi connectivity index (χ1v) is 7.32. The van der Waals surface area contributed by atoms with Crippen molar-refractivity contribution in [2.45, 2.75) is 5.33 Å². The van der Waals surface area contributed by atoms with Crippen molar-refractivity contribution >= 4 is 15.9 Å². The third-order valence-electron chi connectivity index (χ3n) is 2.81. The quantitative estimate of drug-likeness (QED) is 0.739. The lowest BCUT2D eigenvalue weighted by atomic mass is 10.2. The number of aromatic nitrogens is 1. The number of benzene rings is 1. The lowest BCUT2D eigenvalue weighted by Gasteiger charge is -2.14. The van der Waals surface area contributed by atoms with Crippen LogP contribution >= 0.6 is 15.9 Å². The molecule has 6 heteroatoms. The fraction of sp³-hybridized carbons (Fsp3) is 0.267. The number of halogens is 1. The highest BCUT2D eigenvalue weighted by Gasteiger charge is 2.14. The van der Waals surface area contributed by atoms with E-state index in [1.54, 1.807) is 45.7 Å². The number of rotatable bonds is 6. The SMILES string of the molecule is COc1cc(Oc2ccc(CBr)cn2)cc(OC)c1OC. The summed E-state index contributed by atoms with van der Waals surface area (Å²) in [5.74, 6) is 2.64. The zero-order chi connectivity index (χ0) is 15.2. The number of ether oxygens (including phenoxy) is 4. The Balaban J connectivity index is 2.30. The summed E-state index contributed by atoms with van der Waals surface area (Å²) < 4.78 is 21.6. The molecule has 1 heterocycles. The van der Waals surface area contributed by atoms with Crippen LogP contribution in [-0.4, -0.2) is 26.3 Å². The number of hydrogen-bond acceptors (Lipinski definition) is 5. The molecule has 0 atom stereocenters. The minimum absolute atomic E-state index is 0.494. The molecule has 0 aliphatic rings. The van der Waals surface area contributed by atoms with Crippen LogP contribution in [0.2, 0.25) is 0 Å². The highest BCUT2D eigenvalue weighted by molar-refractivity contribution is 9.08. The van der Waals surface area contributed by atoms with Crippen molar-refractivity contribution in [3.8, 4) is 28.9 Å². The standard InChI is InChI=1S/C15H16BrNO4/c1-18-12-6-11(7-13(19-2)15(12)20-3)21-14-5-4-10(8-16)9-17-14/h4-7,9H,8H2,1-3H3. The zero-order valence-corrected chi connectivity index (χ0v) is 13.6. The summed E-state index contributed by atoms with van der Waals surface area (Å²) >= 11 is 3.37. The molecule has 0 fully saturated rings. The first-order chi connectivity index (χ1) is 10.2. The topological polar surface area (TPSA) is 49.8 Å². The van der Waals surface area contributed by atoms with Crippen molar-refractivity contribution in [3.63, 3.8) is 0 Å². The molecule has 0 radical (unpaired) electrons. The molecule has 2 aromatic rings. The van der Waals surface area contributed by atoms with Gasteiger partial charge in [-0.2, -0.15) is 0 Å². The van der Waals surface area contributed by atoms with Crippen LogP contribution in [0.25, 0.3) is 0 Å². The second-order valence-corrected chi connectivity index (χ2v) is 4.66. The molecule has 0 amide bonds. The van der Waals surface area contributed by atoms with Gasteiger partial charge in [-0.3, -0.25) is 0 Å². The van der Waals surface area contributed by atoms with Crippen molar-refractivity contribution in [1.29, 1.82) is 0 Å². The minimum atomic E-state index is 0.494. The lowest BCUT2D eigenvalue weighted by molar-refractivity contribution is 0.320. The van der Waals surface area contributed by atoms with Gasteiger partial charge < -0.3 is 18.9 Å². The second-order valence-electron chi connectivity index (χ2n) is 4.10. The molecule has 21 heavy (non-hydrogen) atoms. The second kappa shape index (κ2) is 7.17. The van der Waals surface area contributed by atoms with Crippen LogP contribution in [0.5, 0.6) is 28.9 Å². The maximum atomic E-state index is 5.72. The summed E-state index contributed by atoms with van der Waals surface area (Å²) in [6.07, 6.45) is 1.75. The summed E-state index contributed by atoms with van der Waals surface area (Å²) in [5, 5.41) is 0.754. The molecule has 0 aliphatic carbocycles. The van der Waals surface area contributed by atoms with E-state index in [0.717, 1.165) is 10.9 Å². The van der Waals surface area contributed by atoms with E-state index in [0.29, 0.717) is 28.9 Å². The minimum Gasteiger partial charge on any atom is -0.493 e. The molecule has 1 aromatic carbocycles. The highest BCUT2D eigenvalue weighted by Crippen LogP contribution is 2.41. The van der Waals surface area contributed by atoms with Gasteiger partial charge in [0.25, 0.3) is 0 Å². The maximum Gasteiger partial charge on any atom is 0.219 e. The van der Waals surface area contributed by atoms with Gasteiger partial charge in [-0.05, 0) is 5.56 Å². The Morgan fingerprint density at radius 1 is 1.00 bits per heavy atom. The Hall–Kier alpha value is -1.95. The zero-order valence-electron chi connectivity index (χ0n) is 12.1. The van der Waals surface area contributed by atoms with Crippen LogP contribution in [0, 0.1) is 0 Å². The van der Waals surface area contributed by atoms with Gasteiger partial charge in [-0.25, -0.2) is 4.98 Å². The molecule has 5 nitrogen and oxygen atoms in total. The van der Waals surface area contributed by atoms with Gasteiger partial charge in [0.1, 0.15) is 5.75 Å². The van der Waals surface area contributed by atoms with Gasteiger partial charge >= 0.3 is 0 Å². The fourth-order valence-corrected chi connectivity index (χ4v) is 2.12. The normalized spacial score (nSPS) is 10.1. The molecule has 0 aliphatic heterocycles. The molecule has 112 valence electrons. The number of methoxy groups -OCH3 is 3. The summed E-state index contributed by atoms with van der Waals surface area (Å²) in [4.78, 5) is 4.23. The average molecular weight is 354 g/mol. The predicted octanol–water partition coefficient (Wildman–Crippen LogP) is 3.79. The molecule has 1 aromatic heterocycles. The summed E-state index contributed by atoms with van der Waals surface area (Å²) in [7, 11) is 4.68. The Kier molecular flexibility index (Phi) is 5.27. The first kappa shape index (κ1) is 15.4. The van der Waals surface area contributed by atoms with E-state index >= 15 is 0 Å². The van der Waals surface area contributed by atoms with E-state index in [-0.39, 0.29) is 0 Å². The molecule has 0 saturated carbocycles. The van der Waals surface area contributed by atoms with E-state index in [9.17, 15) is 0 Å². The third-order valence-corrected chi connectivity index (χ3v) is 3.46. The van der Waals surface area contributed by atoms with Crippen LogP contribution in [-0.2, 0) is 5.33 Å². The van der Waals surface area contributed by atoms with Crippen molar-refractivity contribution in [1.82, 2.24) is 4.98 Å². The van der Waals surface area contributed by atoms with Crippen LogP contribution in [0.15, 0.2) is 30.5 Å². The van der Waals surface area contributed by atoms with E-state index < -0.39 is 0 Å². The summed E-state index contributed by atoms with van der Waals surface area (Å²) in [6, 6.07) is 7.19. The van der Waals surface area contributed by atoms with Crippen molar-refractivity contribution in [2.24, 2.45) is 0 Å². The largest absolute Gasteiger partial charge is 0.493 e. The summed E-state index contributed by atoms with van der Waals surface area (Å²) in [6.45, 7) is 0. The average Bonchev–Trinajstić information content (AvgIpc) is 2.54. The Labute approximate surface area is 131 Å². The molecular weight excluding hydrogens is 338 g/mol. The van der Waals surface area contributed by atoms with Gasteiger partial charge in [0.15, 0.2) is 11.5 Å². The number of nitrogens with zero attached hydrogens (tertiary/aromatic N) is 1. The van der Waals surface area contributed by atoms with Crippen molar-refractivity contribution < 1.29 is 18.9 Å². The van der Waals surface area contributed by atoms with Crippen molar-refractivity contribution in [2.75, 3.05) is 21.3 Å². The van der Waals surface area contributed by atoms with Crippen LogP contribution in [0.1, 0.15) is 5.56 Å². The van der Waals surface area contributed by atoms with Gasteiger partial charge in [-0.1, -0.05) is 22.0 Å². The van der Waals surface area contributed by atoms with Crippen LogP contribution in [0.4, 0.5) is 0 Å². The molecule has 0 bridgehead atoms. The third kappa shape index (κ3) is 3.58. The molecule has 0 unspecified atom stereocenters. The number of hydrogen-bond donors (Lipinski definition) is 0. The monoisotopic (exact) mass is 353 g/mol. The Morgan fingerprint density at radius 3 is 2.10 bits per heavy atom. The Bertz CT molecular complexity index is 576. The summed E-state index contributed by atoms with van der Waals surface area (Å²) in [5.41, 5.74) is 1.08. The smallest absolute Gasteiger partial charge is 0.219 e. The number of alkyl halides is 1. The molecule has 0 N–H and O–H groups in total. The molecule has 2 rings (SSSR count). The van der Waals surface area contributed by atoms with Gasteiger partial charge in [-0.15, -0.1) is 0 Å². The van der Waals surface area contributed by atoms with Crippen molar-refractivity contribution in [3.05, 3.63) is 36.0 Å². The van der Waals surface area contributed by atoms with E-state index in [1.807, 2.05) is 6.07 Å². The Morgan fingerprint density at radius 2 is 1.67 bits per heavy atom. The lowest BCUT2D eigenvalue weighted by Crippen LogP contribution is -1.96. The molecular formula is C15H16BrNO4. The molecule has 0 saturated heterocycles. The number of pyridine rings is 1. The van der Waals surface area contributed by atoms with E-state index in [1.165, 1.54) is 0 Å². The predicted molar refractivity (Wildman–Crippen MR) is 83.0 cm³/mol. The fourth-order valence-electron chi connectivity index (χ4n) is 1.79. The van der Waals surface area contributed by atoms with E-state index in [2.05, 4.69) is 20.9 Å².